The quantitative estimate of drug-likeness (QED) is 0.649. The zero-order chi connectivity index (χ0) is 17.4. The molecule has 1 saturated carbocycles. The predicted octanol–water partition coefficient (Wildman–Crippen LogP) is 0.968. The topological polar surface area (TPSA) is 104 Å². The highest BCUT2D eigenvalue weighted by Crippen LogP contribution is 2.23. The number of hydrogen-bond acceptors (Lipinski definition) is 5. The fraction of sp³-hybridized carbons (Fsp3) is 0.600. The Morgan fingerprint density at radius 2 is 1.52 bits per heavy atom. The summed E-state index contributed by atoms with van der Waals surface area (Å²) < 4.78 is 54.9. The molecule has 2 atom stereocenters. The molecule has 1 aliphatic heterocycles. The van der Waals surface area contributed by atoms with Crippen LogP contribution in [0, 0.1) is 0 Å². The molecule has 0 aromatic heterocycles. The molecule has 0 radical (unpaired) electrons. The smallest absolute Gasteiger partial charge is 0.240 e. The number of hydrogen-bond donors (Lipinski definition) is 3. The molecule has 2 unspecified atom stereocenters. The van der Waals surface area contributed by atoms with Gasteiger partial charge in [-0.15, -0.1) is 12.4 Å². The first kappa shape index (κ1) is 20.6. The molecule has 3 N–H and O–H groups in total. The van der Waals surface area contributed by atoms with Crippen LogP contribution in [0.15, 0.2) is 34.1 Å². The van der Waals surface area contributed by atoms with Gasteiger partial charge < -0.3 is 5.32 Å². The SMILES string of the molecule is CC1CC(NS(=O)(=O)c2cccc(S(=O)(=O)NC3CC3)c2)CCN1.Cl. The summed E-state index contributed by atoms with van der Waals surface area (Å²) in [6.07, 6.45) is 3.07. The lowest BCUT2D eigenvalue weighted by molar-refractivity contribution is 0.361. The monoisotopic (exact) mass is 409 g/mol. The first-order valence-corrected chi connectivity index (χ1v) is 11.1. The summed E-state index contributed by atoms with van der Waals surface area (Å²) in [5.41, 5.74) is 0. The Kier molecular flexibility index (Phi) is 6.50. The van der Waals surface area contributed by atoms with Crippen molar-refractivity contribution in [1.82, 2.24) is 14.8 Å². The van der Waals surface area contributed by atoms with Crippen molar-refractivity contribution in [3.8, 4) is 0 Å². The minimum atomic E-state index is -3.75. The largest absolute Gasteiger partial charge is 0.314 e. The van der Waals surface area contributed by atoms with E-state index in [9.17, 15) is 16.8 Å². The molecule has 2 fully saturated rings. The van der Waals surface area contributed by atoms with E-state index in [1.165, 1.54) is 24.3 Å². The zero-order valence-corrected chi connectivity index (χ0v) is 16.4. The Morgan fingerprint density at radius 1 is 0.960 bits per heavy atom. The van der Waals surface area contributed by atoms with Crippen LogP contribution in [0.4, 0.5) is 0 Å². The molecule has 1 heterocycles. The van der Waals surface area contributed by atoms with Gasteiger partial charge in [-0.1, -0.05) is 6.07 Å². The van der Waals surface area contributed by atoms with Crippen molar-refractivity contribution in [2.75, 3.05) is 6.54 Å². The maximum absolute atomic E-state index is 12.6. The lowest BCUT2D eigenvalue weighted by Crippen LogP contribution is -2.46. The van der Waals surface area contributed by atoms with Crippen molar-refractivity contribution in [2.45, 2.75) is 60.5 Å². The summed E-state index contributed by atoms with van der Waals surface area (Å²) >= 11 is 0. The van der Waals surface area contributed by atoms with E-state index in [-0.39, 0.29) is 40.3 Å². The number of benzene rings is 1. The van der Waals surface area contributed by atoms with Crippen LogP contribution < -0.4 is 14.8 Å². The summed E-state index contributed by atoms with van der Waals surface area (Å²) in [5.74, 6) is 0. The molecule has 7 nitrogen and oxygen atoms in total. The summed E-state index contributed by atoms with van der Waals surface area (Å²) in [6, 6.07) is 5.60. The maximum Gasteiger partial charge on any atom is 0.240 e. The number of piperidine rings is 1. The molecule has 1 aromatic carbocycles. The van der Waals surface area contributed by atoms with E-state index < -0.39 is 20.0 Å². The van der Waals surface area contributed by atoms with Crippen molar-refractivity contribution in [3.05, 3.63) is 24.3 Å². The molecule has 3 rings (SSSR count). The first-order chi connectivity index (χ1) is 11.3. The van der Waals surface area contributed by atoms with Crippen molar-refractivity contribution in [1.29, 1.82) is 0 Å². The molecule has 25 heavy (non-hydrogen) atoms. The predicted molar refractivity (Wildman–Crippen MR) is 97.8 cm³/mol. The molecule has 10 heteroatoms. The van der Waals surface area contributed by atoms with Gasteiger partial charge in [0, 0.05) is 18.1 Å². The van der Waals surface area contributed by atoms with Crippen LogP contribution in [0.1, 0.15) is 32.6 Å². The number of nitrogens with one attached hydrogen (secondary N) is 3. The third-order valence-corrected chi connectivity index (χ3v) is 7.31. The molecule has 1 aliphatic carbocycles. The molecule has 1 aromatic rings. The van der Waals surface area contributed by atoms with Crippen LogP contribution in [-0.2, 0) is 20.0 Å². The van der Waals surface area contributed by atoms with Crippen LogP contribution >= 0.6 is 12.4 Å². The van der Waals surface area contributed by atoms with Gasteiger partial charge in [-0.2, -0.15) is 0 Å². The Bertz CT molecular complexity index is 810. The highest BCUT2D eigenvalue weighted by molar-refractivity contribution is 7.90. The van der Waals surface area contributed by atoms with Gasteiger partial charge in [-0.25, -0.2) is 26.3 Å². The van der Waals surface area contributed by atoms with Gasteiger partial charge >= 0.3 is 0 Å². The molecular weight excluding hydrogens is 386 g/mol. The average Bonchev–Trinajstić information content (AvgIpc) is 3.30. The Hall–Kier alpha value is -0.710. The standard InChI is InChI=1S/C15H23N3O4S2.ClH/c1-11-9-13(7-8-16-11)18-24(21,22)15-4-2-3-14(10-15)23(19,20)17-12-5-6-12;/h2-4,10-13,16-18H,5-9H2,1H3;1H. The van der Waals surface area contributed by atoms with Gasteiger partial charge in [0.05, 0.1) is 9.79 Å². The van der Waals surface area contributed by atoms with Gasteiger partial charge in [0.15, 0.2) is 0 Å². The van der Waals surface area contributed by atoms with Gasteiger partial charge in [0.25, 0.3) is 0 Å². The van der Waals surface area contributed by atoms with E-state index in [4.69, 9.17) is 0 Å². The fourth-order valence-corrected chi connectivity index (χ4v) is 5.58. The van der Waals surface area contributed by atoms with Crippen molar-refractivity contribution >= 4 is 32.5 Å². The third-order valence-electron chi connectivity index (χ3n) is 4.27. The highest BCUT2D eigenvalue weighted by Gasteiger charge is 2.29. The van der Waals surface area contributed by atoms with Crippen molar-refractivity contribution < 1.29 is 16.8 Å². The van der Waals surface area contributed by atoms with Crippen LogP contribution in [0.3, 0.4) is 0 Å². The molecule has 0 bridgehead atoms. The molecular formula is C15H24ClN3O4S2. The van der Waals surface area contributed by atoms with E-state index in [2.05, 4.69) is 14.8 Å². The van der Waals surface area contributed by atoms with Crippen molar-refractivity contribution in [3.63, 3.8) is 0 Å². The lowest BCUT2D eigenvalue weighted by atomic mass is 10.0. The summed E-state index contributed by atoms with van der Waals surface area (Å²) in [5, 5.41) is 3.27. The lowest BCUT2D eigenvalue weighted by Gasteiger charge is -2.28. The molecule has 1 saturated heterocycles. The zero-order valence-electron chi connectivity index (χ0n) is 13.9. The molecule has 0 amide bonds. The van der Waals surface area contributed by atoms with E-state index >= 15 is 0 Å². The van der Waals surface area contributed by atoms with Gasteiger partial charge in [0.2, 0.25) is 20.0 Å². The molecule has 2 aliphatic rings. The fourth-order valence-electron chi connectivity index (χ4n) is 2.82. The second kappa shape index (κ2) is 7.89. The Morgan fingerprint density at radius 3 is 2.04 bits per heavy atom. The van der Waals surface area contributed by atoms with Gasteiger partial charge in [-0.3, -0.25) is 0 Å². The summed E-state index contributed by atoms with van der Waals surface area (Å²) in [7, 11) is -7.42. The highest BCUT2D eigenvalue weighted by atomic mass is 35.5. The second-order valence-electron chi connectivity index (χ2n) is 6.57. The van der Waals surface area contributed by atoms with Crippen LogP contribution in [-0.4, -0.2) is 41.5 Å². The summed E-state index contributed by atoms with van der Waals surface area (Å²) in [6.45, 7) is 2.77. The summed E-state index contributed by atoms with van der Waals surface area (Å²) in [4.78, 5) is -0.0386. The number of sulfonamides is 2. The Labute approximate surface area is 155 Å². The van der Waals surface area contributed by atoms with E-state index in [1.807, 2.05) is 6.92 Å². The Balaban J connectivity index is 0.00000225. The molecule has 142 valence electrons. The van der Waals surface area contributed by atoms with Crippen molar-refractivity contribution in [2.24, 2.45) is 0 Å². The second-order valence-corrected chi connectivity index (χ2v) is 10.00. The number of rotatable bonds is 6. The van der Waals surface area contributed by atoms with E-state index in [0.717, 1.165) is 19.4 Å². The third kappa shape index (κ3) is 5.38. The van der Waals surface area contributed by atoms with E-state index in [0.29, 0.717) is 12.8 Å². The van der Waals surface area contributed by atoms with Crippen LogP contribution in [0.25, 0.3) is 0 Å². The normalized spacial score (nSPS) is 24.5. The molecule has 0 spiro atoms. The van der Waals surface area contributed by atoms with Gasteiger partial charge in [0.1, 0.15) is 0 Å². The number of halogens is 1. The average molecular weight is 410 g/mol. The minimum absolute atomic E-state index is 0. The first-order valence-electron chi connectivity index (χ1n) is 8.14. The van der Waals surface area contributed by atoms with Gasteiger partial charge in [-0.05, 0) is 57.4 Å². The van der Waals surface area contributed by atoms with E-state index in [1.54, 1.807) is 0 Å². The minimum Gasteiger partial charge on any atom is -0.314 e. The van der Waals surface area contributed by atoms with Crippen LogP contribution in [0.2, 0.25) is 0 Å². The van der Waals surface area contributed by atoms with Crippen LogP contribution in [0.5, 0.6) is 0 Å². The maximum atomic E-state index is 12.6.